The Hall–Kier alpha value is -1.49. The molecule has 0 spiro atoms. The molecule has 2 aliphatic rings. The number of hydrogen-bond acceptors (Lipinski definition) is 3. The van der Waals surface area contributed by atoms with Gasteiger partial charge in [0, 0.05) is 32.7 Å². The van der Waals surface area contributed by atoms with Crippen molar-refractivity contribution in [1.29, 1.82) is 0 Å². The van der Waals surface area contributed by atoms with Crippen LogP contribution >= 0.6 is 0 Å². The maximum Gasteiger partial charge on any atom is 0.272 e. The number of hydrogen-bond donors (Lipinski definition) is 0. The Morgan fingerprint density at radius 3 is 2.64 bits per heavy atom. The van der Waals surface area contributed by atoms with E-state index in [0.29, 0.717) is 29.8 Å². The van der Waals surface area contributed by atoms with Gasteiger partial charge in [0.15, 0.2) is 0 Å². The molecule has 0 atom stereocenters. The number of aromatic nitrogens is 1. The van der Waals surface area contributed by atoms with Gasteiger partial charge in [-0.05, 0) is 36.8 Å². The molecule has 3 rings (SSSR count). The molecule has 0 N–H and O–H groups in total. The van der Waals surface area contributed by atoms with E-state index in [1.54, 1.807) is 0 Å². The van der Waals surface area contributed by atoms with Crippen LogP contribution in [0.25, 0.3) is 0 Å². The zero-order valence-corrected chi connectivity index (χ0v) is 13.4. The number of nitrogens with zero attached hydrogens (tertiary/aromatic N) is 3. The molecule has 0 aliphatic carbocycles. The lowest BCUT2D eigenvalue weighted by molar-refractivity contribution is 0.0589. The largest absolute Gasteiger partial charge is 0.337 e. The van der Waals surface area contributed by atoms with Crippen molar-refractivity contribution >= 4 is 5.91 Å². The van der Waals surface area contributed by atoms with E-state index in [9.17, 15) is 9.18 Å². The van der Waals surface area contributed by atoms with E-state index in [2.05, 4.69) is 23.7 Å². The third-order valence-electron chi connectivity index (χ3n) is 4.83. The second-order valence-electron chi connectivity index (χ2n) is 6.82. The summed E-state index contributed by atoms with van der Waals surface area (Å²) >= 11 is 0. The number of pyridine rings is 1. The topological polar surface area (TPSA) is 36.4 Å². The normalized spacial score (nSPS) is 19.7. The molecular weight excluding hydrogens is 281 g/mol. The highest BCUT2D eigenvalue weighted by Gasteiger charge is 2.30. The number of likely N-dealkylation sites (tertiary alicyclic amines) is 2. The van der Waals surface area contributed by atoms with Crippen LogP contribution in [0.4, 0.5) is 4.39 Å². The smallest absolute Gasteiger partial charge is 0.272 e. The average molecular weight is 305 g/mol. The molecule has 3 heterocycles. The molecule has 0 bridgehead atoms. The van der Waals surface area contributed by atoms with Gasteiger partial charge in [-0.25, -0.2) is 9.37 Å². The van der Waals surface area contributed by atoms with Gasteiger partial charge in [0.05, 0.1) is 5.69 Å². The first-order valence-electron chi connectivity index (χ1n) is 8.21. The van der Waals surface area contributed by atoms with Crippen LogP contribution < -0.4 is 0 Å². The number of rotatable bonds is 4. The van der Waals surface area contributed by atoms with E-state index in [-0.39, 0.29) is 11.7 Å². The lowest BCUT2D eigenvalue weighted by Crippen LogP contribution is -2.48. The molecule has 22 heavy (non-hydrogen) atoms. The van der Waals surface area contributed by atoms with Gasteiger partial charge >= 0.3 is 0 Å². The highest BCUT2D eigenvalue weighted by Crippen LogP contribution is 2.25. The van der Waals surface area contributed by atoms with Crippen LogP contribution in [0.2, 0.25) is 0 Å². The van der Waals surface area contributed by atoms with Crippen LogP contribution in [0.15, 0.2) is 12.1 Å². The van der Waals surface area contributed by atoms with Gasteiger partial charge in [-0.3, -0.25) is 9.69 Å². The van der Waals surface area contributed by atoms with Crippen LogP contribution in [0.1, 0.15) is 42.9 Å². The Morgan fingerprint density at radius 1 is 1.32 bits per heavy atom. The van der Waals surface area contributed by atoms with Crippen LogP contribution in [0.3, 0.4) is 0 Å². The van der Waals surface area contributed by atoms with Crippen molar-refractivity contribution in [2.45, 2.75) is 33.2 Å². The van der Waals surface area contributed by atoms with Crippen molar-refractivity contribution < 1.29 is 9.18 Å². The summed E-state index contributed by atoms with van der Waals surface area (Å²) in [5.41, 5.74) is 0.770. The molecule has 120 valence electrons. The summed E-state index contributed by atoms with van der Waals surface area (Å²) in [6.45, 7) is 8.49. The van der Waals surface area contributed by atoms with Crippen molar-refractivity contribution in [2.24, 2.45) is 11.8 Å². The Balaban J connectivity index is 1.66. The van der Waals surface area contributed by atoms with Gasteiger partial charge in [0.1, 0.15) is 11.5 Å². The Kier molecular flexibility index (Phi) is 4.43. The molecule has 0 unspecified atom stereocenters. The van der Waals surface area contributed by atoms with Crippen molar-refractivity contribution in [1.82, 2.24) is 14.8 Å². The lowest BCUT2D eigenvalue weighted by Gasteiger charge is -2.41. The zero-order valence-electron chi connectivity index (χ0n) is 13.4. The number of halogens is 1. The molecule has 0 saturated carbocycles. The van der Waals surface area contributed by atoms with Crippen LogP contribution in [0.5, 0.6) is 0 Å². The minimum absolute atomic E-state index is 0.0672. The molecule has 0 radical (unpaired) electrons. The molecule has 1 aromatic heterocycles. The molecule has 2 aliphatic heterocycles. The third-order valence-corrected chi connectivity index (χ3v) is 4.83. The van der Waals surface area contributed by atoms with E-state index in [1.165, 1.54) is 12.1 Å². The minimum atomic E-state index is -0.314. The Labute approximate surface area is 131 Å². The summed E-state index contributed by atoms with van der Waals surface area (Å²) in [4.78, 5) is 20.7. The van der Waals surface area contributed by atoms with E-state index in [0.717, 1.165) is 39.0 Å². The van der Waals surface area contributed by atoms with Crippen LogP contribution in [-0.4, -0.2) is 46.9 Å². The fourth-order valence-electron chi connectivity index (χ4n) is 3.17. The molecule has 5 heteroatoms. The lowest BCUT2D eigenvalue weighted by atomic mass is 9.88. The minimum Gasteiger partial charge on any atom is -0.337 e. The van der Waals surface area contributed by atoms with Gasteiger partial charge < -0.3 is 4.90 Å². The van der Waals surface area contributed by atoms with Gasteiger partial charge in [-0.15, -0.1) is 0 Å². The molecule has 2 fully saturated rings. The molecule has 4 nitrogen and oxygen atoms in total. The number of amides is 1. The molecular formula is C17H24FN3O. The molecule has 1 aromatic rings. The number of carbonyl (C=O) groups excluding carboxylic acids is 1. The number of carbonyl (C=O) groups is 1. The van der Waals surface area contributed by atoms with E-state index >= 15 is 0 Å². The van der Waals surface area contributed by atoms with Crippen LogP contribution in [0, 0.1) is 17.7 Å². The average Bonchev–Trinajstić information content (AvgIpc) is 2.97. The molecule has 0 aromatic carbocycles. The van der Waals surface area contributed by atoms with E-state index in [4.69, 9.17) is 0 Å². The summed E-state index contributed by atoms with van der Waals surface area (Å²) in [5.74, 6) is 0.975. The SMILES string of the molecule is CC(C)C1CN(Cc2nc(C(=O)N3CCCC3)ccc2F)C1. The summed E-state index contributed by atoms with van der Waals surface area (Å²) in [7, 11) is 0. The predicted octanol–water partition coefficient (Wildman–Crippen LogP) is 2.54. The maximum absolute atomic E-state index is 14.0. The van der Waals surface area contributed by atoms with Crippen molar-refractivity contribution in [2.75, 3.05) is 26.2 Å². The van der Waals surface area contributed by atoms with Crippen LogP contribution in [-0.2, 0) is 6.54 Å². The van der Waals surface area contributed by atoms with E-state index < -0.39 is 0 Å². The quantitative estimate of drug-likeness (QED) is 0.858. The Morgan fingerprint density at radius 2 is 2.00 bits per heavy atom. The molecule has 2 saturated heterocycles. The fourth-order valence-corrected chi connectivity index (χ4v) is 3.17. The Bertz CT molecular complexity index is 549. The van der Waals surface area contributed by atoms with Gasteiger partial charge in [-0.1, -0.05) is 13.8 Å². The van der Waals surface area contributed by atoms with Crippen molar-refractivity contribution in [3.05, 3.63) is 29.3 Å². The monoisotopic (exact) mass is 305 g/mol. The second kappa shape index (κ2) is 6.32. The first-order chi connectivity index (χ1) is 10.5. The highest BCUT2D eigenvalue weighted by atomic mass is 19.1. The first-order valence-corrected chi connectivity index (χ1v) is 8.21. The summed E-state index contributed by atoms with van der Waals surface area (Å²) in [6.07, 6.45) is 2.09. The van der Waals surface area contributed by atoms with Gasteiger partial charge in [-0.2, -0.15) is 0 Å². The second-order valence-corrected chi connectivity index (χ2v) is 6.82. The summed E-state index contributed by atoms with van der Waals surface area (Å²) in [6, 6.07) is 2.89. The standard InChI is InChI=1S/C17H24FN3O/c1-12(2)13-9-20(10-13)11-16-14(18)5-6-15(19-16)17(22)21-7-3-4-8-21/h5-6,12-13H,3-4,7-11H2,1-2H3. The summed E-state index contributed by atoms with van der Waals surface area (Å²) in [5, 5.41) is 0. The third kappa shape index (κ3) is 3.14. The van der Waals surface area contributed by atoms with Gasteiger partial charge in [0.25, 0.3) is 5.91 Å². The van der Waals surface area contributed by atoms with E-state index in [1.807, 2.05) is 4.90 Å². The fraction of sp³-hybridized carbons (Fsp3) is 0.647. The van der Waals surface area contributed by atoms with Gasteiger partial charge in [0.2, 0.25) is 0 Å². The summed E-state index contributed by atoms with van der Waals surface area (Å²) < 4.78 is 14.0. The predicted molar refractivity (Wildman–Crippen MR) is 82.9 cm³/mol. The van der Waals surface area contributed by atoms with Crippen molar-refractivity contribution in [3.63, 3.8) is 0 Å². The zero-order chi connectivity index (χ0) is 15.7. The highest BCUT2D eigenvalue weighted by molar-refractivity contribution is 5.92. The first kappa shape index (κ1) is 15.4. The van der Waals surface area contributed by atoms with Crippen molar-refractivity contribution in [3.8, 4) is 0 Å². The maximum atomic E-state index is 14.0. The molecule has 1 amide bonds.